The summed E-state index contributed by atoms with van der Waals surface area (Å²) < 4.78 is 75.0. The summed E-state index contributed by atoms with van der Waals surface area (Å²) in [6.45, 7) is 22.0. The lowest BCUT2D eigenvalue weighted by molar-refractivity contribution is -0.140. The number of hydrogen-bond acceptors (Lipinski definition) is 6. The van der Waals surface area contributed by atoms with Gasteiger partial charge in [0.2, 0.25) is 6.41 Å². The van der Waals surface area contributed by atoms with Gasteiger partial charge in [0.25, 0.3) is 5.91 Å². The summed E-state index contributed by atoms with van der Waals surface area (Å²) in [6, 6.07) is 7.33. The molecule has 0 aromatic heterocycles. The van der Waals surface area contributed by atoms with E-state index in [9.17, 15) is 27.2 Å². The normalized spacial score (nSPS) is 14.5. The predicted molar refractivity (Wildman–Crippen MR) is 192 cm³/mol. The zero-order chi connectivity index (χ0) is 39.2. The van der Waals surface area contributed by atoms with Crippen molar-refractivity contribution >= 4 is 47.8 Å². The highest BCUT2D eigenvalue weighted by Crippen LogP contribution is 2.42. The Bertz CT molecular complexity index is 1390. The van der Waals surface area contributed by atoms with Crippen LogP contribution in [0.15, 0.2) is 30.3 Å². The Hall–Kier alpha value is -3.96. The first-order valence-electron chi connectivity index (χ1n) is 16.5. The number of carbonyl (C=O) groups is 3. The number of amides is 2. The third-order valence-electron chi connectivity index (χ3n) is 6.72. The molecule has 0 atom stereocenters. The minimum atomic E-state index is -5.16. The number of ether oxygens (including phenoxy) is 1. The minimum Gasteiger partial charge on any atom is -0.378 e. The summed E-state index contributed by atoms with van der Waals surface area (Å²) >= 11 is 5.35. The Kier molecular flexibility index (Phi) is 23.3. The van der Waals surface area contributed by atoms with E-state index in [-0.39, 0.29) is 10.8 Å². The molecular formula is C36H51F5N4O4S. The maximum atomic E-state index is 15.0. The van der Waals surface area contributed by atoms with E-state index in [4.69, 9.17) is 27.0 Å². The number of aryl methyl sites for hydroxylation is 1. The first kappa shape index (κ1) is 48.2. The lowest BCUT2D eigenvalue weighted by Crippen LogP contribution is -2.44. The molecule has 2 aromatic rings. The van der Waals surface area contributed by atoms with Gasteiger partial charge in [-0.15, -0.1) is 0 Å². The van der Waals surface area contributed by atoms with Crippen LogP contribution in [0.3, 0.4) is 0 Å². The van der Waals surface area contributed by atoms with Crippen molar-refractivity contribution in [2.24, 2.45) is 0 Å². The Morgan fingerprint density at radius 1 is 1.02 bits per heavy atom. The number of benzene rings is 2. The Labute approximate surface area is 299 Å². The maximum Gasteiger partial charge on any atom is 0.420 e. The molecule has 0 unspecified atom stereocenters. The fourth-order valence-electron chi connectivity index (χ4n) is 4.48. The molecule has 8 nitrogen and oxygen atoms in total. The van der Waals surface area contributed by atoms with E-state index < -0.39 is 46.1 Å². The van der Waals surface area contributed by atoms with Gasteiger partial charge in [-0.3, -0.25) is 14.5 Å². The van der Waals surface area contributed by atoms with Crippen LogP contribution in [0.25, 0.3) is 0 Å². The summed E-state index contributed by atoms with van der Waals surface area (Å²) in [5.74, 6) is -3.08. The van der Waals surface area contributed by atoms with Crippen molar-refractivity contribution in [3.8, 4) is 6.07 Å². The summed E-state index contributed by atoms with van der Waals surface area (Å²) in [7, 11) is 0. The van der Waals surface area contributed by atoms with Gasteiger partial charge in [-0.1, -0.05) is 67.4 Å². The molecule has 2 heterocycles. The first-order chi connectivity index (χ1) is 23.7. The van der Waals surface area contributed by atoms with Gasteiger partial charge in [0.15, 0.2) is 10.9 Å². The maximum absolute atomic E-state index is 15.0. The monoisotopic (exact) mass is 730 g/mol. The van der Waals surface area contributed by atoms with Crippen molar-refractivity contribution in [2.75, 3.05) is 36.1 Å². The number of carbonyl (C=O) groups excluding carboxylic acids is 3. The molecule has 0 saturated carbocycles. The highest BCUT2D eigenvalue weighted by Gasteiger charge is 2.52. The Morgan fingerprint density at radius 2 is 1.56 bits per heavy atom. The molecule has 50 heavy (non-hydrogen) atoms. The molecule has 2 fully saturated rings. The molecule has 2 amide bonds. The summed E-state index contributed by atoms with van der Waals surface area (Å²) in [5, 5.41) is 8.67. The minimum absolute atomic E-state index is 0.212. The van der Waals surface area contributed by atoms with Crippen molar-refractivity contribution < 1.29 is 41.1 Å². The van der Waals surface area contributed by atoms with E-state index in [0.29, 0.717) is 30.1 Å². The molecule has 2 aliphatic heterocycles. The number of nitriles is 1. The van der Waals surface area contributed by atoms with Crippen molar-refractivity contribution in [1.29, 1.82) is 5.26 Å². The molecule has 0 radical (unpaired) electrons. The predicted octanol–water partition coefficient (Wildman–Crippen LogP) is 8.87. The topological polar surface area (TPSA) is 93.9 Å². The third kappa shape index (κ3) is 12.7. The summed E-state index contributed by atoms with van der Waals surface area (Å²) in [4.78, 5) is 34.9. The molecule has 280 valence electrons. The Morgan fingerprint density at radius 3 is 1.98 bits per heavy atom. The zero-order valence-corrected chi connectivity index (χ0v) is 31.4. The molecule has 0 spiro atoms. The van der Waals surface area contributed by atoms with Gasteiger partial charge in [-0.05, 0) is 68.7 Å². The number of thiocarbonyl (C=S) groups is 1. The largest absolute Gasteiger partial charge is 0.420 e. The van der Waals surface area contributed by atoms with Crippen molar-refractivity contribution in [3.05, 3.63) is 58.7 Å². The Balaban J connectivity index is 0. The number of anilines is 2. The summed E-state index contributed by atoms with van der Waals surface area (Å²) in [6.07, 6.45) is -0.859. The van der Waals surface area contributed by atoms with Gasteiger partial charge in [0.05, 0.1) is 30.5 Å². The van der Waals surface area contributed by atoms with Gasteiger partial charge in [-0.2, -0.15) is 18.4 Å². The van der Waals surface area contributed by atoms with Gasteiger partial charge in [0, 0.05) is 18.8 Å². The van der Waals surface area contributed by atoms with Crippen molar-refractivity contribution in [3.63, 3.8) is 0 Å². The fraction of sp³-hybridized carbons (Fsp3) is 0.528. The SMILES string of the molecule is C=O.CC.CC.CCC.CCCCc1ccc(N2C(=S)N(c3ccc(C#N)c(C(F)(F)F)c3F)C(=O)C2(C)C)cc1F.O=CN1CCOCC1. The van der Waals surface area contributed by atoms with Crippen LogP contribution in [-0.2, 0) is 31.7 Å². The second-order valence-corrected chi connectivity index (χ2v) is 11.0. The first-order valence-corrected chi connectivity index (χ1v) is 16.9. The van der Waals surface area contributed by atoms with Crippen LogP contribution < -0.4 is 9.80 Å². The summed E-state index contributed by atoms with van der Waals surface area (Å²) in [5.41, 5.74) is -4.16. The van der Waals surface area contributed by atoms with E-state index in [2.05, 4.69) is 13.8 Å². The number of rotatable bonds is 6. The lowest BCUT2D eigenvalue weighted by Gasteiger charge is -2.29. The van der Waals surface area contributed by atoms with Crippen LogP contribution in [-0.4, -0.2) is 61.0 Å². The molecule has 2 aromatic carbocycles. The van der Waals surface area contributed by atoms with Gasteiger partial charge >= 0.3 is 6.18 Å². The average Bonchev–Trinajstić information content (AvgIpc) is 3.29. The second kappa shape index (κ2) is 24.2. The van der Waals surface area contributed by atoms with Crippen LogP contribution in [0.5, 0.6) is 0 Å². The lowest BCUT2D eigenvalue weighted by atomic mass is 10.0. The highest BCUT2D eigenvalue weighted by molar-refractivity contribution is 7.81. The third-order valence-corrected chi connectivity index (χ3v) is 7.09. The molecule has 0 bridgehead atoms. The van der Waals surface area contributed by atoms with E-state index >= 15 is 4.39 Å². The molecule has 14 heteroatoms. The van der Waals surface area contributed by atoms with Crippen LogP contribution >= 0.6 is 12.2 Å². The second-order valence-electron chi connectivity index (χ2n) is 10.6. The van der Waals surface area contributed by atoms with Crippen LogP contribution in [0, 0.1) is 23.0 Å². The molecule has 4 rings (SSSR count). The van der Waals surface area contributed by atoms with Gasteiger partial charge in [0.1, 0.15) is 23.7 Å². The van der Waals surface area contributed by atoms with E-state index in [1.807, 2.05) is 41.4 Å². The van der Waals surface area contributed by atoms with E-state index in [1.165, 1.54) is 37.3 Å². The molecule has 0 aliphatic carbocycles. The van der Waals surface area contributed by atoms with Gasteiger partial charge < -0.3 is 19.3 Å². The van der Waals surface area contributed by atoms with E-state index in [0.717, 1.165) is 44.5 Å². The number of nitrogens with zero attached hydrogens (tertiary/aromatic N) is 4. The number of morpholine rings is 1. The fourth-order valence-corrected chi connectivity index (χ4v) is 4.99. The molecule has 2 aliphatic rings. The van der Waals surface area contributed by atoms with Crippen LogP contribution in [0.2, 0.25) is 0 Å². The standard InChI is InChI=1S/C23H20F5N3OS.C5H9NO2.C3H8.2C2H6.CH2O/c1-4-5-6-13-7-9-15(11-16(13)24)31-21(33)30(20(32)22(31,2)3)17-10-8-14(12-29)18(19(17)25)23(26,27)28;7-5-6-1-3-8-4-2-6;1-3-2;3*1-2/h7-11H,4-6H2,1-3H3;5H,1-4H2;3H2,1-2H3;2*1-2H3;1H2. The van der Waals surface area contributed by atoms with Crippen molar-refractivity contribution in [2.45, 2.75) is 99.7 Å². The average molecular weight is 731 g/mol. The molecular weight excluding hydrogens is 679 g/mol. The highest BCUT2D eigenvalue weighted by atomic mass is 32.1. The number of halogens is 5. The molecule has 0 N–H and O–H groups in total. The number of hydrogen-bond donors (Lipinski definition) is 0. The van der Waals surface area contributed by atoms with Crippen LogP contribution in [0.4, 0.5) is 33.3 Å². The smallest absolute Gasteiger partial charge is 0.378 e. The quantitative estimate of drug-likeness (QED) is 0.167. The zero-order valence-electron chi connectivity index (χ0n) is 30.5. The molecule has 2 saturated heterocycles. The van der Waals surface area contributed by atoms with E-state index in [1.54, 1.807) is 17.0 Å². The van der Waals surface area contributed by atoms with Gasteiger partial charge in [-0.25, -0.2) is 8.78 Å². The number of alkyl halides is 3. The number of unbranched alkanes of at least 4 members (excludes halogenated alkanes) is 1. The van der Waals surface area contributed by atoms with Crippen molar-refractivity contribution in [1.82, 2.24) is 4.90 Å². The van der Waals surface area contributed by atoms with Crippen LogP contribution in [0.1, 0.15) is 98.3 Å².